The minimum atomic E-state index is -0.961. The molecule has 2 rings (SSSR count). The first-order chi connectivity index (χ1) is 21.7. The van der Waals surface area contributed by atoms with E-state index in [-0.39, 0.29) is 37.6 Å². The van der Waals surface area contributed by atoms with Gasteiger partial charge in [-0.05, 0) is 81.2 Å². The number of unbranched alkanes of at least 4 members (excludes halogenated alkanes) is 2. The van der Waals surface area contributed by atoms with Gasteiger partial charge >= 0.3 is 5.97 Å². The molecule has 0 bridgehead atoms. The lowest BCUT2D eigenvalue weighted by atomic mass is 9.86. The van der Waals surface area contributed by atoms with E-state index in [4.69, 9.17) is 0 Å². The zero-order chi connectivity index (χ0) is 33.0. The van der Waals surface area contributed by atoms with E-state index < -0.39 is 24.3 Å². The lowest BCUT2D eigenvalue weighted by Crippen LogP contribution is -2.46. The van der Waals surface area contributed by atoms with Crippen molar-refractivity contribution in [1.29, 1.82) is 0 Å². The van der Waals surface area contributed by atoms with Crippen molar-refractivity contribution in [2.75, 3.05) is 13.2 Å². The Bertz CT molecular complexity index is 1120. The normalized spacial score (nSPS) is 20.3. The summed E-state index contributed by atoms with van der Waals surface area (Å²) in [6.07, 6.45) is 10.3. The molecule has 1 aromatic rings. The number of carboxylic acid groups (broad SMARTS) is 1. The van der Waals surface area contributed by atoms with Crippen LogP contribution in [-0.4, -0.2) is 81.1 Å². The van der Waals surface area contributed by atoms with Crippen molar-refractivity contribution in [3.8, 4) is 11.8 Å². The summed E-state index contributed by atoms with van der Waals surface area (Å²) in [5.74, 6) is 5.79. The Kier molecular flexibility index (Phi) is 19.0. The van der Waals surface area contributed by atoms with Crippen molar-refractivity contribution in [3.05, 3.63) is 58.7 Å². The number of nitrogens with one attached hydrogen (secondary N) is 2. The Balaban J connectivity index is 2.56. The molecule has 0 fully saturated rings. The number of benzene rings is 1. The fourth-order valence-electron chi connectivity index (χ4n) is 5.97. The summed E-state index contributed by atoms with van der Waals surface area (Å²) in [5, 5.41) is 58.6. The van der Waals surface area contributed by atoms with Crippen LogP contribution in [-0.2, 0) is 11.2 Å². The molecule has 8 nitrogen and oxygen atoms in total. The summed E-state index contributed by atoms with van der Waals surface area (Å²) in [6, 6.07) is 7.58. The summed E-state index contributed by atoms with van der Waals surface area (Å²) >= 11 is 0. The van der Waals surface area contributed by atoms with Gasteiger partial charge in [-0.25, -0.2) is 0 Å². The van der Waals surface area contributed by atoms with Crippen molar-refractivity contribution < 1.29 is 30.3 Å². The highest BCUT2D eigenvalue weighted by Gasteiger charge is 2.26. The first-order valence-corrected chi connectivity index (χ1v) is 17.0. The number of aliphatic hydroxyl groups excluding tert-OH is 4. The number of carboxylic acids is 1. The highest BCUT2D eigenvalue weighted by molar-refractivity contribution is 5.66. The van der Waals surface area contributed by atoms with Crippen molar-refractivity contribution in [1.82, 2.24) is 10.6 Å². The Morgan fingerprint density at radius 1 is 1.09 bits per heavy atom. The second-order valence-corrected chi connectivity index (χ2v) is 12.4. The molecule has 1 aliphatic heterocycles. The van der Waals surface area contributed by atoms with Gasteiger partial charge in [0, 0.05) is 36.5 Å². The van der Waals surface area contributed by atoms with Crippen molar-refractivity contribution in [2.45, 2.75) is 141 Å². The average molecular weight is 627 g/mol. The number of carbonyl (C=O) groups is 1. The zero-order valence-corrected chi connectivity index (χ0v) is 27.7. The third kappa shape index (κ3) is 15.1. The maximum atomic E-state index is 11.2. The summed E-state index contributed by atoms with van der Waals surface area (Å²) in [6.45, 7) is 6.28. The van der Waals surface area contributed by atoms with Gasteiger partial charge in [0.2, 0.25) is 0 Å². The predicted molar refractivity (Wildman–Crippen MR) is 181 cm³/mol. The Hall–Kier alpha value is -2.51. The molecule has 0 aliphatic carbocycles. The van der Waals surface area contributed by atoms with Crippen LogP contribution in [0.2, 0.25) is 0 Å². The smallest absolute Gasteiger partial charge is 0.303 e. The van der Waals surface area contributed by atoms with Gasteiger partial charge in [-0.15, -0.1) is 0 Å². The van der Waals surface area contributed by atoms with Gasteiger partial charge in [-0.2, -0.15) is 0 Å². The van der Waals surface area contributed by atoms with Crippen LogP contribution in [0.25, 0.3) is 0 Å². The third-order valence-electron chi connectivity index (χ3n) is 8.59. The van der Waals surface area contributed by atoms with E-state index in [0.717, 1.165) is 67.3 Å². The van der Waals surface area contributed by atoms with E-state index in [1.54, 1.807) is 6.92 Å². The number of aryl methyl sites for hydroxylation is 1. The van der Waals surface area contributed by atoms with Crippen LogP contribution in [0.15, 0.2) is 47.6 Å². The van der Waals surface area contributed by atoms with Gasteiger partial charge in [-0.1, -0.05) is 81.7 Å². The lowest BCUT2D eigenvalue weighted by molar-refractivity contribution is -0.137. The quantitative estimate of drug-likeness (QED) is 0.0871. The highest BCUT2D eigenvalue weighted by Crippen LogP contribution is 2.27. The summed E-state index contributed by atoms with van der Waals surface area (Å²) in [4.78, 5) is 11.2. The van der Waals surface area contributed by atoms with Gasteiger partial charge in [-0.3, -0.25) is 4.79 Å². The Morgan fingerprint density at radius 2 is 1.87 bits per heavy atom. The molecule has 45 heavy (non-hydrogen) atoms. The van der Waals surface area contributed by atoms with E-state index in [2.05, 4.69) is 35.5 Å². The molecule has 1 aliphatic rings. The maximum Gasteiger partial charge on any atom is 0.303 e. The van der Waals surface area contributed by atoms with Crippen LogP contribution < -0.4 is 10.6 Å². The largest absolute Gasteiger partial charge is 0.481 e. The molecule has 1 aromatic carbocycles. The van der Waals surface area contributed by atoms with E-state index in [1.807, 2.05) is 37.3 Å². The van der Waals surface area contributed by atoms with E-state index in [1.165, 1.54) is 0 Å². The van der Waals surface area contributed by atoms with E-state index in [9.17, 15) is 30.3 Å². The Morgan fingerprint density at radius 3 is 2.56 bits per heavy atom. The first-order valence-electron chi connectivity index (χ1n) is 17.0. The zero-order valence-electron chi connectivity index (χ0n) is 27.7. The van der Waals surface area contributed by atoms with Gasteiger partial charge in [0.05, 0.1) is 24.9 Å². The molecule has 0 saturated carbocycles. The number of hydrogen-bond donors (Lipinski definition) is 7. The molecule has 0 aromatic heterocycles. The SMILES string of the molecule is CCCCC[C@H](O)C=CC1=C(C[C@H](O)CO)[C@@H](CCC[C@H](CCC(=O)O)NCC)N[C@@H]([C@H](C)O)CC#Cc2ccccc2CC1. The number of rotatable bonds is 19. The Labute approximate surface area is 271 Å². The lowest BCUT2D eigenvalue weighted by Gasteiger charge is -2.32. The molecule has 8 heteroatoms. The van der Waals surface area contributed by atoms with E-state index in [0.29, 0.717) is 32.1 Å². The molecular formula is C37H58N2O6. The molecule has 6 atom stereocenters. The number of fused-ring (bicyclic) bond motifs is 1. The van der Waals surface area contributed by atoms with Crippen molar-refractivity contribution in [2.24, 2.45) is 0 Å². The molecule has 0 unspecified atom stereocenters. The highest BCUT2D eigenvalue weighted by atomic mass is 16.4. The minimum Gasteiger partial charge on any atom is -0.481 e. The topological polar surface area (TPSA) is 142 Å². The molecule has 0 radical (unpaired) electrons. The standard InChI is InChI=1S/C37H58N2O6/c1-4-6-7-16-32(42)23-21-30-20-19-29-13-9-8-12-28(29)14-10-17-35(27(3)41)39-36(34(30)25-33(43)26-40)18-11-15-31(38-5-2)22-24-37(44)45/h8-9,12-13,21,23,27,31-33,35-36,38-43H,4-7,11,15-20,22,24-26H2,1-3H3,(H,44,45)/t27-,31+,32-,33-,35+,36+/m0/s1. The van der Waals surface area contributed by atoms with Crippen LogP contribution in [0.5, 0.6) is 0 Å². The molecule has 0 amide bonds. The van der Waals surface area contributed by atoms with Gasteiger partial charge < -0.3 is 36.2 Å². The molecule has 0 saturated heterocycles. The second-order valence-electron chi connectivity index (χ2n) is 12.4. The number of allylic oxidation sites excluding steroid dienone is 2. The average Bonchev–Trinajstić information content (AvgIpc) is 3.01. The molecule has 252 valence electrons. The van der Waals surface area contributed by atoms with Gasteiger partial charge in [0.25, 0.3) is 0 Å². The number of hydrogen-bond acceptors (Lipinski definition) is 7. The van der Waals surface area contributed by atoms with Crippen LogP contribution in [0, 0.1) is 11.8 Å². The molecule has 0 spiro atoms. The van der Waals surface area contributed by atoms with Crippen molar-refractivity contribution >= 4 is 5.97 Å². The molecular weight excluding hydrogens is 568 g/mol. The maximum absolute atomic E-state index is 11.2. The summed E-state index contributed by atoms with van der Waals surface area (Å²) < 4.78 is 0. The van der Waals surface area contributed by atoms with E-state index >= 15 is 0 Å². The molecule has 1 heterocycles. The van der Waals surface area contributed by atoms with Crippen LogP contribution in [0.3, 0.4) is 0 Å². The number of aliphatic hydroxyl groups is 4. The fraction of sp³-hybridized carbons (Fsp3) is 0.649. The minimum absolute atomic E-state index is 0.0698. The van der Waals surface area contributed by atoms with Crippen molar-refractivity contribution in [3.63, 3.8) is 0 Å². The number of aliphatic carboxylic acids is 1. The summed E-state index contributed by atoms with van der Waals surface area (Å²) in [7, 11) is 0. The summed E-state index contributed by atoms with van der Waals surface area (Å²) in [5.41, 5.74) is 4.02. The van der Waals surface area contributed by atoms with Gasteiger partial charge in [0.15, 0.2) is 0 Å². The van der Waals surface area contributed by atoms with Crippen LogP contribution in [0.4, 0.5) is 0 Å². The van der Waals surface area contributed by atoms with Crippen LogP contribution in [0.1, 0.15) is 109 Å². The first kappa shape index (κ1) is 38.7. The third-order valence-corrected chi connectivity index (χ3v) is 8.59. The van der Waals surface area contributed by atoms with Gasteiger partial charge in [0.1, 0.15) is 0 Å². The second kappa shape index (κ2) is 22.1. The fourth-order valence-corrected chi connectivity index (χ4v) is 5.97. The predicted octanol–water partition coefficient (Wildman–Crippen LogP) is 4.63. The van der Waals surface area contributed by atoms with Crippen LogP contribution >= 0.6 is 0 Å². The molecule has 7 N–H and O–H groups in total. The monoisotopic (exact) mass is 626 g/mol.